The maximum atomic E-state index is 12.6. The standard InChI is InChI=1S/C19H23ClN2O2/c1-22(13-18(23)15-7-3-2-4-8-15)19(24)16(12-21)10-14-6-5-9-17(20)11-14/h2-9,11,16,18,23H,10,12-13,21H2,1H3/t16-,18?/m0/s1. The van der Waals surface area contributed by atoms with Crippen LogP contribution in [0.25, 0.3) is 0 Å². The molecule has 2 aromatic carbocycles. The lowest BCUT2D eigenvalue weighted by Crippen LogP contribution is -2.39. The van der Waals surface area contributed by atoms with Crippen LogP contribution in [0.15, 0.2) is 54.6 Å². The third kappa shape index (κ3) is 5.06. The molecule has 1 unspecified atom stereocenters. The topological polar surface area (TPSA) is 66.6 Å². The number of halogens is 1. The quantitative estimate of drug-likeness (QED) is 0.810. The highest BCUT2D eigenvalue weighted by Gasteiger charge is 2.23. The number of nitrogens with two attached hydrogens (primary N) is 1. The Balaban J connectivity index is 1.99. The first-order valence-corrected chi connectivity index (χ1v) is 8.31. The van der Waals surface area contributed by atoms with Crippen molar-refractivity contribution in [3.8, 4) is 0 Å². The molecule has 5 heteroatoms. The number of benzene rings is 2. The third-order valence-corrected chi connectivity index (χ3v) is 4.25. The largest absolute Gasteiger partial charge is 0.387 e. The average molecular weight is 347 g/mol. The van der Waals surface area contributed by atoms with E-state index in [-0.39, 0.29) is 24.9 Å². The van der Waals surface area contributed by atoms with Crippen LogP contribution in [0, 0.1) is 5.92 Å². The van der Waals surface area contributed by atoms with Crippen LogP contribution in [0.1, 0.15) is 17.2 Å². The summed E-state index contributed by atoms with van der Waals surface area (Å²) in [4.78, 5) is 14.2. The molecule has 0 spiro atoms. The molecule has 24 heavy (non-hydrogen) atoms. The minimum Gasteiger partial charge on any atom is -0.387 e. The smallest absolute Gasteiger partial charge is 0.227 e. The van der Waals surface area contributed by atoms with Crippen LogP contribution in [-0.2, 0) is 11.2 Å². The van der Waals surface area contributed by atoms with E-state index in [0.717, 1.165) is 11.1 Å². The van der Waals surface area contributed by atoms with E-state index in [1.807, 2.05) is 48.5 Å². The van der Waals surface area contributed by atoms with Gasteiger partial charge < -0.3 is 15.7 Å². The number of aliphatic hydroxyl groups excluding tert-OH is 1. The van der Waals surface area contributed by atoms with Gasteiger partial charge in [-0.25, -0.2) is 0 Å². The Morgan fingerprint density at radius 1 is 1.21 bits per heavy atom. The first-order chi connectivity index (χ1) is 11.5. The number of nitrogens with zero attached hydrogens (tertiary/aromatic N) is 1. The van der Waals surface area contributed by atoms with Crippen LogP contribution in [-0.4, -0.2) is 36.1 Å². The van der Waals surface area contributed by atoms with Gasteiger partial charge in [-0.3, -0.25) is 4.79 Å². The molecule has 0 aliphatic rings. The van der Waals surface area contributed by atoms with Crippen molar-refractivity contribution in [2.45, 2.75) is 12.5 Å². The van der Waals surface area contributed by atoms with Gasteiger partial charge in [0.2, 0.25) is 5.91 Å². The molecule has 128 valence electrons. The lowest BCUT2D eigenvalue weighted by atomic mass is 9.97. The van der Waals surface area contributed by atoms with E-state index in [1.54, 1.807) is 18.0 Å². The second kappa shape index (κ2) is 8.83. The van der Waals surface area contributed by atoms with Gasteiger partial charge in [0, 0.05) is 18.6 Å². The molecular weight excluding hydrogens is 324 g/mol. The van der Waals surface area contributed by atoms with Crippen molar-refractivity contribution in [2.75, 3.05) is 20.1 Å². The predicted octanol–water partition coefficient (Wildman–Crippen LogP) is 2.65. The van der Waals surface area contributed by atoms with Crippen LogP contribution >= 0.6 is 11.6 Å². The number of rotatable bonds is 7. The van der Waals surface area contributed by atoms with Crippen molar-refractivity contribution < 1.29 is 9.90 Å². The predicted molar refractivity (Wildman–Crippen MR) is 96.7 cm³/mol. The summed E-state index contributed by atoms with van der Waals surface area (Å²) in [7, 11) is 1.69. The number of hydrogen-bond donors (Lipinski definition) is 2. The molecule has 3 N–H and O–H groups in total. The van der Waals surface area contributed by atoms with Gasteiger partial charge in [0.25, 0.3) is 0 Å². The summed E-state index contributed by atoms with van der Waals surface area (Å²) < 4.78 is 0. The van der Waals surface area contributed by atoms with Gasteiger partial charge in [0.05, 0.1) is 18.6 Å². The molecule has 0 aromatic heterocycles. The van der Waals surface area contributed by atoms with Crippen molar-refractivity contribution in [2.24, 2.45) is 11.7 Å². The van der Waals surface area contributed by atoms with Crippen LogP contribution in [0.2, 0.25) is 5.02 Å². The first-order valence-electron chi connectivity index (χ1n) is 7.93. The second-order valence-corrected chi connectivity index (χ2v) is 6.35. The van der Waals surface area contributed by atoms with Gasteiger partial charge in [-0.05, 0) is 29.7 Å². The molecule has 0 bridgehead atoms. The molecule has 0 aliphatic heterocycles. The lowest BCUT2D eigenvalue weighted by molar-refractivity contribution is -0.135. The molecule has 2 atom stereocenters. The highest BCUT2D eigenvalue weighted by Crippen LogP contribution is 2.18. The maximum absolute atomic E-state index is 12.6. The van der Waals surface area contributed by atoms with Crippen molar-refractivity contribution in [1.82, 2.24) is 4.90 Å². The summed E-state index contributed by atoms with van der Waals surface area (Å²) >= 11 is 5.99. The van der Waals surface area contributed by atoms with Crippen LogP contribution < -0.4 is 5.73 Å². The number of carbonyl (C=O) groups is 1. The first kappa shape index (κ1) is 18.5. The second-order valence-electron chi connectivity index (χ2n) is 5.91. The molecule has 0 radical (unpaired) electrons. The molecule has 0 saturated heterocycles. The van der Waals surface area contributed by atoms with Gasteiger partial charge >= 0.3 is 0 Å². The van der Waals surface area contributed by atoms with E-state index in [0.29, 0.717) is 11.4 Å². The van der Waals surface area contributed by atoms with Crippen molar-refractivity contribution in [3.05, 3.63) is 70.7 Å². The van der Waals surface area contributed by atoms with Gasteiger partial charge in [-0.1, -0.05) is 54.1 Å². The van der Waals surface area contributed by atoms with E-state index in [4.69, 9.17) is 17.3 Å². The summed E-state index contributed by atoms with van der Waals surface area (Å²) in [5.74, 6) is -0.413. The SMILES string of the molecule is CN(CC(O)c1ccccc1)C(=O)[C@H](CN)Cc1cccc(Cl)c1. The summed E-state index contributed by atoms with van der Waals surface area (Å²) in [5, 5.41) is 10.9. The fourth-order valence-electron chi connectivity index (χ4n) is 2.66. The van der Waals surface area contributed by atoms with E-state index in [9.17, 15) is 9.90 Å². The van der Waals surface area contributed by atoms with Gasteiger partial charge in [-0.15, -0.1) is 0 Å². The fraction of sp³-hybridized carbons (Fsp3) is 0.316. The fourth-order valence-corrected chi connectivity index (χ4v) is 2.87. The number of carbonyl (C=O) groups excluding carboxylic acids is 1. The van der Waals surface area contributed by atoms with Crippen LogP contribution in [0.3, 0.4) is 0 Å². The Hall–Kier alpha value is -1.88. The monoisotopic (exact) mass is 346 g/mol. The Morgan fingerprint density at radius 2 is 1.92 bits per heavy atom. The molecular formula is C19H23ClN2O2. The van der Waals surface area contributed by atoms with Crippen LogP contribution in [0.4, 0.5) is 0 Å². The van der Waals surface area contributed by atoms with Crippen molar-refractivity contribution >= 4 is 17.5 Å². The van der Waals surface area contributed by atoms with E-state index >= 15 is 0 Å². The molecule has 4 nitrogen and oxygen atoms in total. The van der Waals surface area contributed by atoms with Crippen molar-refractivity contribution in [1.29, 1.82) is 0 Å². The molecule has 0 fully saturated rings. The zero-order valence-corrected chi connectivity index (χ0v) is 14.5. The highest BCUT2D eigenvalue weighted by molar-refractivity contribution is 6.30. The average Bonchev–Trinajstić information content (AvgIpc) is 2.59. The van der Waals surface area contributed by atoms with Gasteiger partial charge in [-0.2, -0.15) is 0 Å². The lowest BCUT2D eigenvalue weighted by Gasteiger charge is -2.25. The molecule has 1 amide bonds. The number of amides is 1. The Bertz CT molecular complexity index is 663. The zero-order valence-electron chi connectivity index (χ0n) is 13.7. The number of likely N-dealkylation sites (N-methyl/N-ethyl adjacent to an activating group) is 1. The third-order valence-electron chi connectivity index (χ3n) is 4.01. The van der Waals surface area contributed by atoms with E-state index in [2.05, 4.69) is 0 Å². The van der Waals surface area contributed by atoms with Crippen molar-refractivity contribution in [3.63, 3.8) is 0 Å². The maximum Gasteiger partial charge on any atom is 0.227 e. The van der Waals surface area contributed by atoms with Gasteiger partial charge in [0.1, 0.15) is 0 Å². The van der Waals surface area contributed by atoms with E-state index in [1.165, 1.54) is 0 Å². The van der Waals surface area contributed by atoms with Crippen LogP contribution in [0.5, 0.6) is 0 Å². The highest BCUT2D eigenvalue weighted by atomic mass is 35.5. The number of hydrogen-bond acceptors (Lipinski definition) is 3. The molecule has 2 aromatic rings. The molecule has 0 saturated carbocycles. The summed E-state index contributed by atoms with van der Waals surface area (Å²) in [5.41, 5.74) is 7.56. The molecule has 2 rings (SSSR count). The molecule has 0 heterocycles. The zero-order chi connectivity index (χ0) is 17.5. The molecule has 0 aliphatic carbocycles. The minimum atomic E-state index is -0.718. The normalized spacial score (nSPS) is 13.3. The number of aliphatic hydroxyl groups is 1. The minimum absolute atomic E-state index is 0.0764. The Morgan fingerprint density at radius 3 is 2.54 bits per heavy atom. The van der Waals surface area contributed by atoms with Gasteiger partial charge in [0.15, 0.2) is 0 Å². The summed E-state index contributed by atoms with van der Waals surface area (Å²) in [6.07, 6.45) is -0.188. The van der Waals surface area contributed by atoms with E-state index < -0.39 is 6.10 Å². The summed E-state index contributed by atoms with van der Waals surface area (Å²) in [6, 6.07) is 16.7. The Kier molecular flexibility index (Phi) is 6.79. The Labute approximate surface area is 147 Å². The summed E-state index contributed by atoms with van der Waals surface area (Å²) in [6.45, 7) is 0.478.